The van der Waals surface area contributed by atoms with Crippen LogP contribution in [-0.2, 0) is 4.79 Å². The molecule has 0 atom stereocenters. The van der Waals surface area contributed by atoms with Crippen molar-refractivity contribution in [2.45, 2.75) is 26.7 Å². The maximum Gasteiger partial charge on any atom is 0.335 e. The highest BCUT2D eigenvalue weighted by Crippen LogP contribution is 2.36. The van der Waals surface area contributed by atoms with Crippen LogP contribution in [0.1, 0.15) is 30.9 Å². The summed E-state index contributed by atoms with van der Waals surface area (Å²) in [6.07, 6.45) is 1.19. The standard InChI is InChI=1S/C17H18O2/c1-5-16(18)19-15-10-12(4)13-8-6-7-9-14(13)17(15)11(2)3/h5-11H,1H2,2-4H3. The van der Waals surface area contributed by atoms with Crippen LogP contribution in [0.4, 0.5) is 0 Å². The van der Waals surface area contributed by atoms with Gasteiger partial charge in [0.2, 0.25) is 0 Å². The predicted molar refractivity (Wildman–Crippen MR) is 78.6 cm³/mol. The maximum atomic E-state index is 11.5. The number of benzene rings is 2. The zero-order valence-electron chi connectivity index (χ0n) is 11.6. The molecule has 0 radical (unpaired) electrons. The molecule has 0 fully saturated rings. The number of carbonyl (C=O) groups excluding carboxylic acids is 1. The number of esters is 1. The Morgan fingerprint density at radius 1 is 1.26 bits per heavy atom. The van der Waals surface area contributed by atoms with Gasteiger partial charge in [0.15, 0.2) is 0 Å². The molecule has 0 bridgehead atoms. The van der Waals surface area contributed by atoms with Crippen LogP contribution in [0.5, 0.6) is 5.75 Å². The third kappa shape index (κ3) is 2.53. The van der Waals surface area contributed by atoms with Crippen LogP contribution >= 0.6 is 0 Å². The zero-order valence-corrected chi connectivity index (χ0v) is 11.6. The van der Waals surface area contributed by atoms with E-state index in [2.05, 4.69) is 32.6 Å². The van der Waals surface area contributed by atoms with Gasteiger partial charge < -0.3 is 4.74 Å². The van der Waals surface area contributed by atoms with E-state index in [1.165, 1.54) is 11.5 Å². The average molecular weight is 254 g/mol. The molecule has 0 saturated carbocycles. The van der Waals surface area contributed by atoms with Gasteiger partial charge in [-0.1, -0.05) is 44.7 Å². The van der Waals surface area contributed by atoms with Gasteiger partial charge in [0.05, 0.1) is 0 Å². The summed E-state index contributed by atoms with van der Waals surface area (Å²) in [6, 6.07) is 10.1. The van der Waals surface area contributed by atoms with Crippen molar-refractivity contribution in [2.75, 3.05) is 0 Å². The van der Waals surface area contributed by atoms with Crippen LogP contribution in [0.3, 0.4) is 0 Å². The van der Waals surface area contributed by atoms with Gasteiger partial charge in [-0.05, 0) is 35.2 Å². The molecule has 0 aliphatic heterocycles. The van der Waals surface area contributed by atoms with Crippen molar-refractivity contribution in [3.8, 4) is 5.75 Å². The normalized spacial score (nSPS) is 10.7. The van der Waals surface area contributed by atoms with Gasteiger partial charge in [-0.2, -0.15) is 0 Å². The second kappa shape index (κ2) is 5.27. The van der Waals surface area contributed by atoms with Gasteiger partial charge in [-0.25, -0.2) is 4.79 Å². The topological polar surface area (TPSA) is 26.3 Å². The Labute approximate surface area is 113 Å². The average Bonchev–Trinajstić information content (AvgIpc) is 2.38. The van der Waals surface area contributed by atoms with Crippen molar-refractivity contribution >= 4 is 16.7 Å². The van der Waals surface area contributed by atoms with E-state index in [-0.39, 0.29) is 5.92 Å². The first-order valence-electron chi connectivity index (χ1n) is 6.41. The van der Waals surface area contributed by atoms with Crippen molar-refractivity contribution in [1.82, 2.24) is 0 Å². The fourth-order valence-electron chi connectivity index (χ4n) is 2.38. The molecule has 19 heavy (non-hydrogen) atoms. The summed E-state index contributed by atoms with van der Waals surface area (Å²) in [7, 11) is 0. The number of fused-ring (bicyclic) bond motifs is 1. The van der Waals surface area contributed by atoms with Gasteiger partial charge in [-0.15, -0.1) is 0 Å². The van der Waals surface area contributed by atoms with Crippen molar-refractivity contribution in [3.05, 3.63) is 54.1 Å². The molecule has 0 saturated heterocycles. The molecule has 0 spiro atoms. The fourth-order valence-corrected chi connectivity index (χ4v) is 2.38. The third-order valence-electron chi connectivity index (χ3n) is 3.21. The first-order chi connectivity index (χ1) is 9.04. The summed E-state index contributed by atoms with van der Waals surface area (Å²) in [5.74, 6) is 0.491. The highest BCUT2D eigenvalue weighted by molar-refractivity contribution is 5.92. The Morgan fingerprint density at radius 2 is 1.89 bits per heavy atom. The summed E-state index contributed by atoms with van der Waals surface area (Å²) in [6.45, 7) is 9.67. The zero-order chi connectivity index (χ0) is 14.0. The monoisotopic (exact) mass is 254 g/mol. The Kier molecular flexibility index (Phi) is 3.70. The van der Waals surface area contributed by atoms with E-state index >= 15 is 0 Å². The molecule has 0 aliphatic rings. The van der Waals surface area contributed by atoms with Gasteiger partial charge in [-0.3, -0.25) is 0 Å². The number of hydrogen-bond donors (Lipinski definition) is 0. The van der Waals surface area contributed by atoms with Gasteiger partial charge in [0.1, 0.15) is 5.75 Å². The molecule has 2 aromatic rings. The van der Waals surface area contributed by atoms with E-state index in [4.69, 9.17) is 4.74 Å². The van der Waals surface area contributed by atoms with Crippen molar-refractivity contribution < 1.29 is 9.53 Å². The lowest BCUT2D eigenvalue weighted by molar-refractivity contribution is -0.129. The van der Waals surface area contributed by atoms with Crippen LogP contribution in [0.2, 0.25) is 0 Å². The Bertz CT molecular complexity index is 639. The fraction of sp³-hybridized carbons (Fsp3) is 0.235. The lowest BCUT2D eigenvalue weighted by atomic mass is 9.92. The number of carbonyl (C=O) groups is 1. The second-order valence-corrected chi connectivity index (χ2v) is 4.93. The van der Waals surface area contributed by atoms with Crippen molar-refractivity contribution in [1.29, 1.82) is 0 Å². The van der Waals surface area contributed by atoms with Crippen LogP contribution in [-0.4, -0.2) is 5.97 Å². The Hall–Kier alpha value is -2.09. The van der Waals surface area contributed by atoms with Crippen molar-refractivity contribution in [3.63, 3.8) is 0 Å². The van der Waals surface area contributed by atoms with E-state index in [1.807, 2.05) is 25.1 Å². The second-order valence-electron chi connectivity index (χ2n) is 4.93. The molecule has 0 heterocycles. The van der Waals surface area contributed by atoms with Gasteiger partial charge in [0, 0.05) is 11.6 Å². The van der Waals surface area contributed by atoms with Crippen LogP contribution in [0.25, 0.3) is 10.8 Å². The molecule has 0 amide bonds. The molecule has 0 N–H and O–H groups in total. The van der Waals surface area contributed by atoms with Gasteiger partial charge >= 0.3 is 5.97 Å². The van der Waals surface area contributed by atoms with E-state index in [0.717, 1.165) is 16.5 Å². The molecule has 2 rings (SSSR count). The van der Waals surface area contributed by atoms with Crippen LogP contribution in [0.15, 0.2) is 43.0 Å². The summed E-state index contributed by atoms with van der Waals surface area (Å²) < 4.78 is 5.39. The SMILES string of the molecule is C=CC(=O)Oc1cc(C)c2ccccc2c1C(C)C. The van der Waals surface area contributed by atoms with Gasteiger partial charge in [0.25, 0.3) is 0 Å². The molecule has 98 valence electrons. The number of rotatable bonds is 3. The molecular formula is C17H18O2. The quantitative estimate of drug-likeness (QED) is 0.462. The first-order valence-corrected chi connectivity index (χ1v) is 6.41. The van der Waals surface area contributed by atoms with Crippen LogP contribution in [0, 0.1) is 6.92 Å². The number of hydrogen-bond acceptors (Lipinski definition) is 2. The highest BCUT2D eigenvalue weighted by atomic mass is 16.5. The van der Waals surface area contributed by atoms with E-state index in [0.29, 0.717) is 5.75 Å². The van der Waals surface area contributed by atoms with Crippen molar-refractivity contribution in [2.24, 2.45) is 0 Å². The van der Waals surface area contributed by atoms with E-state index < -0.39 is 5.97 Å². The minimum Gasteiger partial charge on any atom is -0.423 e. The predicted octanol–water partition coefficient (Wildman–Crippen LogP) is 4.36. The van der Waals surface area contributed by atoms with E-state index in [9.17, 15) is 4.79 Å². The lowest BCUT2D eigenvalue weighted by Crippen LogP contribution is -2.07. The Balaban J connectivity index is 2.72. The largest absolute Gasteiger partial charge is 0.423 e. The molecule has 2 heteroatoms. The first kappa shape index (κ1) is 13.3. The summed E-state index contributed by atoms with van der Waals surface area (Å²) in [5.41, 5.74) is 2.17. The number of aryl methyl sites for hydroxylation is 1. The minimum atomic E-state index is -0.420. The highest BCUT2D eigenvalue weighted by Gasteiger charge is 2.15. The summed E-state index contributed by atoms with van der Waals surface area (Å²) in [4.78, 5) is 11.5. The number of ether oxygens (including phenoxy) is 1. The molecule has 0 unspecified atom stereocenters. The third-order valence-corrected chi connectivity index (χ3v) is 3.21. The molecule has 0 aliphatic carbocycles. The molecular weight excluding hydrogens is 236 g/mol. The smallest absolute Gasteiger partial charge is 0.335 e. The Morgan fingerprint density at radius 3 is 2.47 bits per heavy atom. The van der Waals surface area contributed by atoms with Crippen LogP contribution < -0.4 is 4.74 Å². The summed E-state index contributed by atoms with van der Waals surface area (Å²) >= 11 is 0. The van der Waals surface area contributed by atoms with E-state index in [1.54, 1.807) is 0 Å². The molecule has 2 nitrogen and oxygen atoms in total. The summed E-state index contributed by atoms with van der Waals surface area (Å²) in [5, 5.41) is 2.34. The lowest BCUT2D eigenvalue weighted by Gasteiger charge is -2.17. The maximum absolute atomic E-state index is 11.5. The molecule has 2 aromatic carbocycles. The minimum absolute atomic E-state index is 0.276. The molecule has 0 aromatic heterocycles.